The van der Waals surface area contributed by atoms with Crippen molar-refractivity contribution in [3.8, 4) is 5.75 Å². The zero-order valence-electron chi connectivity index (χ0n) is 10.1. The summed E-state index contributed by atoms with van der Waals surface area (Å²) in [5, 5.41) is 5.40. The third kappa shape index (κ3) is 3.56. The second-order valence-corrected chi connectivity index (χ2v) is 4.73. The lowest BCUT2D eigenvalue weighted by Gasteiger charge is -2.06. The first-order chi connectivity index (χ1) is 8.75. The Balaban J connectivity index is 1.71. The summed E-state index contributed by atoms with van der Waals surface area (Å²) >= 11 is 1.47. The van der Waals surface area contributed by atoms with Crippen LogP contribution in [-0.2, 0) is 0 Å². The molecule has 0 unspecified atom stereocenters. The zero-order valence-corrected chi connectivity index (χ0v) is 10.9. The van der Waals surface area contributed by atoms with Gasteiger partial charge in [0.2, 0.25) is 0 Å². The molecule has 2 rings (SSSR count). The van der Waals surface area contributed by atoms with E-state index in [1.165, 1.54) is 11.3 Å². The fourth-order valence-corrected chi connectivity index (χ4v) is 2.00. The van der Waals surface area contributed by atoms with E-state index in [1.807, 2.05) is 37.3 Å². The predicted octanol–water partition coefficient (Wildman–Crippen LogP) is 2.26. The summed E-state index contributed by atoms with van der Waals surface area (Å²) in [6, 6.07) is 9.51. The standard InChI is InChI=1S/C13H14N2O2S/c1-10-15-12(9-18-10)13(16)14-7-8-17-11-5-3-2-4-6-11/h2-6,9H,7-8H2,1H3,(H,14,16). The zero-order chi connectivity index (χ0) is 12.8. The molecular formula is C13H14N2O2S. The number of aryl methyl sites for hydroxylation is 1. The third-order valence-corrected chi connectivity index (χ3v) is 3.02. The molecule has 18 heavy (non-hydrogen) atoms. The van der Waals surface area contributed by atoms with Gasteiger partial charge in [-0.3, -0.25) is 4.79 Å². The summed E-state index contributed by atoms with van der Waals surface area (Å²) < 4.78 is 5.46. The van der Waals surface area contributed by atoms with E-state index in [9.17, 15) is 4.79 Å². The van der Waals surface area contributed by atoms with Crippen molar-refractivity contribution in [2.75, 3.05) is 13.2 Å². The van der Waals surface area contributed by atoms with Crippen molar-refractivity contribution in [1.82, 2.24) is 10.3 Å². The number of para-hydroxylation sites is 1. The lowest BCUT2D eigenvalue weighted by molar-refractivity contribution is 0.0942. The lowest BCUT2D eigenvalue weighted by atomic mass is 10.3. The Labute approximate surface area is 110 Å². The molecule has 0 atom stereocenters. The monoisotopic (exact) mass is 262 g/mol. The van der Waals surface area contributed by atoms with Crippen molar-refractivity contribution >= 4 is 17.2 Å². The molecule has 0 aliphatic rings. The fourth-order valence-electron chi connectivity index (χ4n) is 1.41. The van der Waals surface area contributed by atoms with Crippen LogP contribution in [0.1, 0.15) is 15.5 Å². The molecule has 0 aliphatic heterocycles. The van der Waals surface area contributed by atoms with Gasteiger partial charge in [0.05, 0.1) is 11.6 Å². The van der Waals surface area contributed by atoms with E-state index >= 15 is 0 Å². The minimum absolute atomic E-state index is 0.156. The molecule has 0 saturated carbocycles. The van der Waals surface area contributed by atoms with Crippen LogP contribution in [0.25, 0.3) is 0 Å². The van der Waals surface area contributed by atoms with Crippen molar-refractivity contribution in [2.24, 2.45) is 0 Å². The average Bonchev–Trinajstić information content (AvgIpc) is 2.82. The molecule has 1 aromatic carbocycles. The van der Waals surface area contributed by atoms with E-state index in [1.54, 1.807) is 5.38 Å². The third-order valence-electron chi connectivity index (χ3n) is 2.25. The van der Waals surface area contributed by atoms with Crippen LogP contribution in [0.5, 0.6) is 5.75 Å². The highest BCUT2D eigenvalue weighted by Gasteiger charge is 2.07. The predicted molar refractivity (Wildman–Crippen MR) is 71.1 cm³/mol. The van der Waals surface area contributed by atoms with Gasteiger partial charge in [-0.05, 0) is 19.1 Å². The van der Waals surface area contributed by atoms with Gasteiger partial charge in [0.15, 0.2) is 0 Å². The van der Waals surface area contributed by atoms with E-state index in [0.717, 1.165) is 10.8 Å². The molecule has 0 radical (unpaired) electrons. The molecule has 5 heteroatoms. The van der Waals surface area contributed by atoms with Crippen molar-refractivity contribution in [3.63, 3.8) is 0 Å². The Kier molecular flexibility index (Phi) is 4.30. The van der Waals surface area contributed by atoms with Crippen LogP contribution in [-0.4, -0.2) is 24.0 Å². The maximum absolute atomic E-state index is 11.6. The number of thiazole rings is 1. The van der Waals surface area contributed by atoms with Gasteiger partial charge in [0.1, 0.15) is 18.1 Å². The summed E-state index contributed by atoms with van der Waals surface area (Å²) in [6.07, 6.45) is 0. The van der Waals surface area contributed by atoms with Gasteiger partial charge in [-0.1, -0.05) is 18.2 Å². The Morgan fingerprint density at radius 1 is 1.39 bits per heavy atom. The van der Waals surface area contributed by atoms with Crippen molar-refractivity contribution in [3.05, 3.63) is 46.4 Å². The number of ether oxygens (including phenoxy) is 1. The molecular weight excluding hydrogens is 248 g/mol. The number of nitrogens with zero attached hydrogens (tertiary/aromatic N) is 1. The molecule has 0 fully saturated rings. The van der Waals surface area contributed by atoms with Crippen LogP contribution in [0.2, 0.25) is 0 Å². The molecule has 1 amide bonds. The largest absolute Gasteiger partial charge is 0.492 e. The molecule has 0 spiro atoms. The maximum atomic E-state index is 11.6. The number of rotatable bonds is 5. The van der Waals surface area contributed by atoms with Gasteiger partial charge >= 0.3 is 0 Å². The van der Waals surface area contributed by atoms with Crippen molar-refractivity contribution in [2.45, 2.75) is 6.92 Å². The second-order valence-electron chi connectivity index (χ2n) is 3.67. The Morgan fingerprint density at radius 2 is 2.17 bits per heavy atom. The van der Waals surface area contributed by atoms with Crippen LogP contribution in [0.3, 0.4) is 0 Å². The number of benzene rings is 1. The van der Waals surface area contributed by atoms with E-state index in [2.05, 4.69) is 10.3 Å². The Bertz CT molecular complexity index is 511. The van der Waals surface area contributed by atoms with Gasteiger partial charge in [-0.25, -0.2) is 4.98 Å². The summed E-state index contributed by atoms with van der Waals surface area (Å²) in [5.41, 5.74) is 0.470. The highest BCUT2D eigenvalue weighted by molar-refractivity contribution is 7.09. The highest BCUT2D eigenvalue weighted by Crippen LogP contribution is 2.08. The smallest absolute Gasteiger partial charge is 0.270 e. The van der Waals surface area contributed by atoms with Crippen LogP contribution >= 0.6 is 11.3 Å². The highest BCUT2D eigenvalue weighted by atomic mass is 32.1. The quantitative estimate of drug-likeness (QED) is 0.841. The number of carbonyl (C=O) groups excluding carboxylic acids is 1. The van der Waals surface area contributed by atoms with Crippen molar-refractivity contribution in [1.29, 1.82) is 0 Å². The molecule has 1 aromatic heterocycles. The Hall–Kier alpha value is -1.88. The molecule has 0 bridgehead atoms. The number of aromatic nitrogens is 1. The van der Waals surface area contributed by atoms with Gasteiger partial charge < -0.3 is 10.1 Å². The molecule has 1 heterocycles. The summed E-state index contributed by atoms with van der Waals surface area (Å²) in [4.78, 5) is 15.8. The van der Waals surface area contributed by atoms with Gasteiger partial charge in [0, 0.05) is 5.38 Å². The first-order valence-electron chi connectivity index (χ1n) is 5.64. The van der Waals surface area contributed by atoms with E-state index in [0.29, 0.717) is 18.8 Å². The minimum atomic E-state index is -0.156. The van der Waals surface area contributed by atoms with Gasteiger partial charge in [-0.15, -0.1) is 11.3 Å². The van der Waals surface area contributed by atoms with Gasteiger partial charge in [0.25, 0.3) is 5.91 Å². The number of nitrogens with one attached hydrogen (secondary N) is 1. The maximum Gasteiger partial charge on any atom is 0.270 e. The summed E-state index contributed by atoms with van der Waals surface area (Å²) in [5.74, 6) is 0.646. The SMILES string of the molecule is Cc1nc(C(=O)NCCOc2ccccc2)cs1. The summed E-state index contributed by atoms with van der Waals surface area (Å²) in [7, 11) is 0. The molecule has 1 N–H and O–H groups in total. The van der Waals surface area contributed by atoms with Crippen LogP contribution in [0.15, 0.2) is 35.7 Å². The number of amides is 1. The van der Waals surface area contributed by atoms with Crippen LogP contribution in [0, 0.1) is 6.92 Å². The average molecular weight is 262 g/mol. The van der Waals surface area contributed by atoms with Crippen LogP contribution < -0.4 is 10.1 Å². The lowest BCUT2D eigenvalue weighted by Crippen LogP contribution is -2.28. The minimum Gasteiger partial charge on any atom is -0.492 e. The van der Waals surface area contributed by atoms with Crippen molar-refractivity contribution < 1.29 is 9.53 Å². The second kappa shape index (κ2) is 6.16. The molecule has 0 saturated heterocycles. The normalized spacial score (nSPS) is 10.1. The molecule has 0 aliphatic carbocycles. The number of hydrogen-bond donors (Lipinski definition) is 1. The molecule has 4 nitrogen and oxygen atoms in total. The van der Waals surface area contributed by atoms with E-state index < -0.39 is 0 Å². The number of hydrogen-bond acceptors (Lipinski definition) is 4. The van der Waals surface area contributed by atoms with E-state index in [4.69, 9.17) is 4.74 Å². The topological polar surface area (TPSA) is 51.2 Å². The summed E-state index contributed by atoms with van der Waals surface area (Å²) in [6.45, 7) is 2.78. The molecule has 2 aromatic rings. The molecule has 94 valence electrons. The fraction of sp³-hybridized carbons (Fsp3) is 0.231. The van der Waals surface area contributed by atoms with Gasteiger partial charge in [-0.2, -0.15) is 0 Å². The van der Waals surface area contributed by atoms with E-state index in [-0.39, 0.29) is 5.91 Å². The van der Waals surface area contributed by atoms with Crippen LogP contribution in [0.4, 0.5) is 0 Å². The Morgan fingerprint density at radius 3 is 2.83 bits per heavy atom. The first-order valence-corrected chi connectivity index (χ1v) is 6.52. The number of carbonyl (C=O) groups is 1. The first kappa shape index (κ1) is 12.6.